The summed E-state index contributed by atoms with van der Waals surface area (Å²) >= 11 is 0. The second-order valence-electron chi connectivity index (χ2n) is 4.76. The number of methoxy groups -OCH3 is 1. The Morgan fingerprint density at radius 2 is 2.22 bits per heavy atom. The predicted molar refractivity (Wildman–Crippen MR) is 70.1 cm³/mol. The molecule has 0 bridgehead atoms. The van der Waals surface area contributed by atoms with Gasteiger partial charge in [0.25, 0.3) is 5.91 Å². The maximum Gasteiger partial charge on any atom is 0.254 e. The summed E-state index contributed by atoms with van der Waals surface area (Å²) in [6, 6.07) is 6.11. The zero-order valence-corrected chi connectivity index (χ0v) is 10.5. The minimum absolute atomic E-state index is 0.00856. The maximum atomic E-state index is 12.3. The molecule has 2 aromatic rings. The number of benzene rings is 1. The van der Waals surface area contributed by atoms with E-state index in [1.807, 2.05) is 25.1 Å². The van der Waals surface area contributed by atoms with Gasteiger partial charge in [-0.1, -0.05) is 6.07 Å². The number of H-pyrrole nitrogens is 1. The third-order valence-corrected chi connectivity index (χ3v) is 3.33. The van der Waals surface area contributed by atoms with Crippen molar-refractivity contribution >= 4 is 16.8 Å². The van der Waals surface area contributed by atoms with E-state index in [-0.39, 0.29) is 5.91 Å². The number of fused-ring (bicyclic) bond motifs is 1. The number of aryl methyl sites for hydroxylation is 1. The summed E-state index contributed by atoms with van der Waals surface area (Å²) in [5, 5.41) is 3.90. The molecular formula is C14H16N2O2. The number of hydrogen-bond donors (Lipinski definition) is 2. The first kappa shape index (κ1) is 11.1. The quantitative estimate of drug-likeness (QED) is 0.871. The highest BCUT2D eigenvalue weighted by molar-refractivity contribution is 6.10. The van der Waals surface area contributed by atoms with E-state index in [0.717, 1.165) is 35.2 Å². The number of carbonyl (C=O) groups excluding carboxylic acids is 1. The lowest BCUT2D eigenvalue weighted by Crippen LogP contribution is -2.25. The molecule has 0 unspecified atom stereocenters. The molecular weight excluding hydrogens is 228 g/mol. The molecule has 94 valence electrons. The van der Waals surface area contributed by atoms with Gasteiger partial charge in [-0.05, 0) is 31.9 Å². The molecule has 4 heteroatoms. The van der Waals surface area contributed by atoms with Crippen LogP contribution < -0.4 is 10.1 Å². The minimum atomic E-state index is -0.00856. The van der Waals surface area contributed by atoms with Crippen molar-refractivity contribution in [2.75, 3.05) is 7.11 Å². The van der Waals surface area contributed by atoms with Crippen molar-refractivity contribution in [2.24, 2.45) is 0 Å². The van der Waals surface area contributed by atoms with Gasteiger partial charge in [0, 0.05) is 11.7 Å². The smallest absolute Gasteiger partial charge is 0.254 e. The van der Waals surface area contributed by atoms with Crippen LogP contribution in [0.1, 0.15) is 28.9 Å². The maximum absolute atomic E-state index is 12.3. The molecule has 1 fully saturated rings. The van der Waals surface area contributed by atoms with Crippen LogP contribution in [0.3, 0.4) is 0 Å². The lowest BCUT2D eigenvalue weighted by molar-refractivity contribution is 0.0952. The normalized spacial score (nSPS) is 14.8. The van der Waals surface area contributed by atoms with Gasteiger partial charge in [0.05, 0.1) is 23.6 Å². The Balaban J connectivity index is 2.13. The summed E-state index contributed by atoms with van der Waals surface area (Å²) in [5.41, 5.74) is 2.52. The molecule has 0 aliphatic heterocycles. The number of nitrogens with one attached hydrogen (secondary N) is 2. The molecule has 1 saturated carbocycles. The van der Waals surface area contributed by atoms with E-state index in [4.69, 9.17) is 4.74 Å². The number of carbonyl (C=O) groups is 1. The molecule has 0 atom stereocenters. The van der Waals surface area contributed by atoms with Crippen LogP contribution >= 0.6 is 0 Å². The van der Waals surface area contributed by atoms with Crippen molar-refractivity contribution in [2.45, 2.75) is 25.8 Å². The van der Waals surface area contributed by atoms with Crippen LogP contribution in [0.2, 0.25) is 0 Å². The van der Waals surface area contributed by atoms with Crippen LogP contribution in [0.25, 0.3) is 10.9 Å². The summed E-state index contributed by atoms with van der Waals surface area (Å²) in [4.78, 5) is 15.5. The Morgan fingerprint density at radius 3 is 2.89 bits per heavy atom. The van der Waals surface area contributed by atoms with Gasteiger partial charge in [-0.15, -0.1) is 0 Å². The molecule has 1 aromatic heterocycles. The van der Waals surface area contributed by atoms with Crippen LogP contribution in [0, 0.1) is 6.92 Å². The molecule has 18 heavy (non-hydrogen) atoms. The molecule has 1 aliphatic carbocycles. The number of amides is 1. The van der Waals surface area contributed by atoms with Crippen LogP contribution in [0.15, 0.2) is 18.2 Å². The molecule has 0 saturated heterocycles. The topological polar surface area (TPSA) is 54.1 Å². The number of rotatable bonds is 3. The second-order valence-corrected chi connectivity index (χ2v) is 4.76. The predicted octanol–water partition coefficient (Wildman–Crippen LogP) is 2.38. The highest BCUT2D eigenvalue weighted by Gasteiger charge is 2.26. The summed E-state index contributed by atoms with van der Waals surface area (Å²) in [6.07, 6.45) is 2.18. The molecule has 1 aromatic carbocycles. The lowest BCUT2D eigenvalue weighted by Gasteiger charge is -2.06. The number of ether oxygens (including phenoxy) is 1. The third kappa shape index (κ3) is 1.74. The standard InChI is InChI=1S/C14H16N2O2/c1-8-12(14(17)16-9-6-7-9)13-10(15-8)4-3-5-11(13)18-2/h3-5,9,15H,6-7H2,1-2H3,(H,16,17). The Morgan fingerprint density at radius 1 is 1.44 bits per heavy atom. The Hall–Kier alpha value is -1.97. The van der Waals surface area contributed by atoms with Gasteiger partial charge in [-0.2, -0.15) is 0 Å². The molecule has 3 rings (SSSR count). The van der Waals surface area contributed by atoms with Crippen LogP contribution in [-0.2, 0) is 0 Å². The SMILES string of the molecule is COc1cccc2[nH]c(C)c(C(=O)NC3CC3)c12. The van der Waals surface area contributed by atoms with E-state index in [2.05, 4.69) is 10.3 Å². The zero-order chi connectivity index (χ0) is 12.7. The van der Waals surface area contributed by atoms with Crippen molar-refractivity contribution in [1.82, 2.24) is 10.3 Å². The van der Waals surface area contributed by atoms with Crippen molar-refractivity contribution in [3.63, 3.8) is 0 Å². The van der Waals surface area contributed by atoms with Gasteiger partial charge >= 0.3 is 0 Å². The summed E-state index contributed by atoms with van der Waals surface area (Å²) in [5.74, 6) is 0.726. The minimum Gasteiger partial charge on any atom is -0.496 e. The Labute approximate surface area is 105 Å². The van der Waals surface area contributed by atoms with Gasteiger partial charge in [0.15, 0.2) is 0 Å². The molecule has 2 N–H and O–H groups in total. The van der Waals surface area contributed by atoms with E-state index in [0.29, 0.717) is 11.6 Å². The van der Waals surface area contributed by atoms with Crippen LogP contribution in [0.5, 0.6) is 5.75 Å². The van der Waals surface area contributed by atoms with Gasteiger partial charge in [0.1, 0.15) is 5.75 Å². The fourth-order valence-corrected chi connectivity index (χ4v) is 2.28. The summed E-state index contributed by atoms with van der Waals surface area (Å²) in [6.45, 7) is 1.92. The van der Waals surface area contributed by atoms with Crippen LogP contribution in [-0.4, -0.2) is 24.0 Å². The van der Waals surface area contributed by atoms with Gasteiger partial charge < -0.3 is 15.0 Å². The first-order valence-corrected chi connectivity index (χ1v) is 6.17. The largest absolute Gasteiger partial charge is 0.496 e. The van der Waals surface area contributed by atoms with Gasteiger partial charge in [-0.25, -0.2) is 0 Å². The van der Waals surface area contributed by atoms with E-state index in [1.165, 1.54) is 0 Å². The molecule has 0 radical (unpaired) electrons. The van der Waals surface area contributed by atoms with Crippen molar-refractivity contribution in [3.05, 3.63) is 29.5 Å². The van der Waals surface area contributed by atoms with Gasteiger partial charge in [-0.3, -0.25) is 4.79 Å². The van der Waals surface area contributed by atoms with Crippen molar-refractivity contribution in [1.29, 1.82) is 0 Å². The van der Waals surface area contributed by atoms with E-state index < -0.39 is 0 Å². The lowest BCUT2D eigenvalue weighted by atomic mass is 10.1. The average molecular weight is 244 g/mol. The highest BCUT2D eigenvalue weighted by Crippen LogP contribution is 2.31. The average Bonchev–Trinajstić information content (AvgIpc) is 3.08. The monoisotopic (exact) mass is 244 g/mol. The Kier molecular flexibility index (Phi) is 2.51. The Bertz CT molecular complexity index is 612. The van der Waals surface area contributed by atoms with E-state index >= 15 is 0 Å². The summed E-state index contributed by atoms with van der Waals surface area (Å²) in [7, 11) is 1.62. The number of aromatic nitrogens is 1. The number of hydrogen-bond acceptors (Lipinski definition) is 2. The molecule has 1 amide bonds. The fraction of sp³-hybridized carbons (Fsp3) is 0.357. The molecule has 1 aliphatic rings. The summed E-state index contributed by atoms with van der Waals surface area (Å²) < 4.78 is 5.35. The fourth-order valence-electron chi connectivity index (χ4n) is 2.28. The highest BCUT2D eigenvalue weighted by atomic mass is 16.5. The third-order valence-electron chi connectivity index (χ3n) is 3.33. The number of aromatic amines is 1. The molecule has 4 nitrogen and oxygen atoms in total. The molecule has 0 spiro atoms. The van der Waals surface area contributed by atoms with E-state index in [1.54, 1.807) is 7.11 Å². The van der Waals surface area contributed by atoms with Crippen molar-refractivity contribution in [3.8, 4) is 5.75 Å². The first-order valence-electron chi connectivity index (χ1n) is 6.17. The van der Waals surface area contributed by atoms with Crippen molar-refractivity contribution < 1.29 is 9.53 Å². The molecule has 1 heterocycles. The van der Waals surface area contributed by atoms with Crippen LogP contribution in [0.4, 0.5) is 0 Å². The first-order chi connectivity index (χ1) is 8.70. The van der Waals surface area contributed by atoms with Gasteiger partial charge in [0.2, 0.25) is 0 Å². The second kappa shape index (κ2) is 4.05. The zero-order valence-electron chi connectivity index (χ0n) is 10.5. The van der Waals surface area contributed by atoms with E-state index in [9.17, 15) is 4.79 Å².